The van der Waals surface area contributed by atoms with Gasteiger partial charge in [0.05, 0.1) is 12.7 Å². The largest absolute Gasteiger partial charge is 0.427 e. The number of carbonyl (C=O) groups excluding carboxylic acids is 1. The number of hydrogen-bond donors (Lipinski definition) is 0. The number of amides is 1. The number of anilines is 1. The van der Waals surface area contributed by atoms with Gasteiger partial charge in [0.25, 0.3) is 0 Å². The van der Waals surface area contributed by atoms with Crippen LogP contribution in [0.5, 0.6) is 0 Å². The smallest absolute Gasteiger partial charge is 0.346 e. The second kappa shape index (κ2) is 8.12. The van der Waals surface area contributed by atoms with E-state index in [4.69, 9.17) is 0 Å². The van der Waals surface area contributed by atoms with E-state index in [1.165, 1.54) is 19.3 Å². The van der Waals surface area contributed by atoms with Crippen molar-refractivity contribution in [2.45, 2.75) is 44.3 Å². The molecule has 0 spiro atoms. The van der Waals surface area contributed by atoms with Gasteiger partial charge in [-0.1, -0.05) is 30.6 Å². The third kappa shape index (κ3) is 4.68. The second-order valence-corrected chi connectivity index (χ2v) is 8.07. The standard InChI is InChI=1S/C17H25F3N4OS/c1-22(13-5-3-2-4-6-13)15(25)12-23-7-9-24(10-8-23)16-21-11-14(26-16)17(18,19)20/h11,13H,2-10,12H2,1H3. The zero-order valence-corrected chi connectivity index (χ0v) is 15.8. The molecule has 1 saturated heterocycles. The molecule has 2 heterocycles. The maximum Gasteiger partial charge on any atom is 0.427 e. The molecule has 0 N–H and O–H groups in total. The minimum Gasteiger partial charge on any atom is -0.346 e. The first-order valence-corrected chi connectivity index (χ1v) is 9.92. The topological polar surface area (TPSA) is 39.7 Å². The molecular weight excluding hydrogens is 365 g/mol. The van der Waals surface area contributed by atoms with Gasteiger partial charge in [-0.2, -0.15) is 13.2 Å². The Bertz CT molecular complexity index is 607. The molecule has 1 aromatic rings. The van der Waals surface area contributed by atoms with E-state index in [1.807, 2.05) is 16.8 Å². The van der Waals surface area contributed by atoms with Crippen molar-refractivity contribution in [2.24, 2.45) is 0 Å². The summed E-state index contributed by atoms with van der Waals surface area (Å²) in [7, 11) is 1.89. The Hall–Kier alpha value is -1.35. The molecule has 9 heteroatoms. The van der Waals surface area contributed by atoms with Crippen molar-refractivity contribution in [1.82, 2.24) is 14.8 Å². The van der Waals surface area contributed by atoms with Crippen LogP contribution in [0.25, 0.3) is 0 Å². The maximum atomic E-state index is 12.7. The summed E-state index contributed by atoms with van der Waals surface area (Å²) in [6.45, 7) is 2.87. The minimum absolute atomic E-state index is 0.138. The predicted molar refractivity (Wildman–Crippen MR) is 95.4 cm³/mol. The van der Waals surface area contributed by atoms with Gasteiger partial charge in [-0.25, -0.2) is 4.98 Å². The van der Waals surface area contributed by atoms with Crippen molar-refractivity contribution in [2.75, 3.05) is 44.7 Å². The summed E-state index contributed by atoms with van der Waals surface area (Å²) in [6, 6.07) is 0.355. The van der Waals surface area contributed by atoms with Crippen LogP contribution in [0.15, 0.2) is 6.20 Å². The lowest BCUT2D eigenvalue weighted by molar-refractivity contribution is -0.135. The molecule has 1 saturated carbocycles. The number of hydrogen-bond acceptors (Lipinski definition) is 5. The van der Waals surface area contributed by atoms with Crippen LogP contribution in [0.1, 0.15) is 37.0 Å². The SMILES string of the molecule is CN(C(=O)CN1CCN(c2ncc(C(F)(F)F)s2)CC1)C1CCCCC1. The number of halogens is 3. The Morgan fingerprint density at radius 2 is 1.88 bits per heavy atom. The maximum absolute atomic E-state index is 12.7. The number of aromatic nitrogens is 1. The lowest BCUT2D eigenvalue weighted by atomic mass is 9.94. The van der Waals surface area contributed by atoms with Crippen LogP contribution >= 0.6 is 11.3 Å². The van der Waals surface area contributed by atoms with E-state index < -0.39 is 11.1 Å². The van der Waals surface area contributed by atoms with Crippen LogP contribution in [-0.2, 0) is 11.0 Å². The van der Waals surface area contributed by atoms with Crippen molar-refractivity contribution in [3.63, 3.8) is 0 Å². The molecule has 0 atom stereocenters. The van der Waals surface area contributed by atoms with E-state index in [2.05, 4.69) is 9.88 Å². The number of nitrogens with zero attached hydrogens (tertiary/aromatic N) is 4. The molecule has 3 rings (SSSR count). The molecule has 0 radical (unpaired) electrons. The summed E-state index contributed by atoms with van der Waals surface area (Å²) in [5.41, 5.74) is 0. The second-order valence-electron chi connectivity index (χ2n) is 7.06. The third-order valence-corrected chi connectivity index (χ3v) is 6.39. The fourth-order valence-electron chi connectivity index (χ4n) is 3.61. The average molecular weight is 390 g/mol. The van der Waals surface area contributed by atoms with Crippen molar-refractivity contribution < 1.29 is 18.0 Å². The highest BCUT2D eigenvalue weighted by Crippen LogP contribution is 2.36. The van der Waals surface area contributed by atoms with E-state index in [0.29, 0.717) is 55.2 Å². The first-order valence-electron chi connectivity index (χ1n) is 9.10. The number of thiazole rings is 1. The molecule has 26 heavy (non-hydrogen) atoms. The van der Waals surface area contributed by atoms with Crippen LogP contribution in [-0.4, -0.2) is 66.5 Å². The molecule has 2 fully saturated rings. The van der Waals surface area contributed by atoms with Gasteiger partial charge in [0.15, 0.2) is 5.13 Å². The molecule has 1 aliphatic heterocycles. The zero-order valence-electron chi connectivity index (χ0n) is 15.0. The molecule has 146 valence electrons. The fraction of sp³-hybridized carbons (Fsp3) is 0.765. The van der Waals surface area contributed by atoms with Gasteiger partial charge in [-0.05, 0) is 12.8 Å². The monoisotopic (exact) mass is 390 g/mol. The third-order valence-electron chi connectivity index (χ3n) is 5.29. The zero-order chi connectivity index (χ0) is 18.7. The summed E-state index contributed by atoms with van der Waals surface area (Å²) in [5, 5.41) is 0.405. The van der Waals surface area contributed by atoms with E-state index in [1.54, 1.807) is 0 Å². The molecule has 1 amide bonds. The van der Waals surface area contributed by atoms with Crippen LogP contribution in [0.3, 0.4) is 0 Å². The quantitative estimate of drug-likeness (QED) is 0.792. The van der Waals surface area contributed by atoms with Gasteiger partial charge in [-0.15, -0.1) is 0 Å². The molecule has 0 unspecified atom stereocenters. The molecule has 2 aliphatic rings. The summed E-state index contributed by atoms with van der Waals surface area (Å²) in [6.07, 6.45) is 2.36. The van der Waals surface area contributed by atoms with E-state index >= 15 is 0 Å². The lowest BCUT2D eigenvalue weighted by Gasteiger charge is -2.36. The highest BCUT2D eigenvalue weighted by molar-refractivity contribution is 7.15. The van der Waals surface area contributed by atoms with Gasteiger partial charge in [0, 0.05) is 39.3 Å². The summed E-state index contributed by atoms with van der Waals surface area (Å²) < 4.78 is 38.1. The molecule has 1 aliphatic carbocycles. The predicted octanol–water partition coefficient (Wildman–Crippen LogP) is 3.08. The van der Waals surface area contributed by atoms with E-state index in [9.17, 15) is 18.0 Å². The number of rotatable bonds is 4. The minimum atomic E-state index is -4.34. The lowest BCUT2D eigenvalue weighted by Crippen LogP contribution is -2.51. The summed E-state index contributed by atoms with van der Waals surface area (Å²) in [4.78, 5) is 21.6. The van der Waals surface area contributed by atoms with Crippen molar-refractivity contribution in [3.05, 3.63) is 11.1 Å². The highest BCUT2D eigenvalue weighted by Gasteiger charge is 2.34. The van der Waals surface area contributed by atoms with E-state index in [0.717, 1.165) is 19.0 Å². The Balaban J connectivity index is 1.47. The first kappa shape index (κ1) is 19.4. The number of carbonyl (C=O) groups is 1. The molecule has 0 bridgehead atoms. The van der Waals surface area contributed by atoms with Gasteiger partial charge in [0.2, 0.25) is 5.91 Å². The molecule has 1 aromatic heterocycles. The fourth-order valence-corrected chi connectivity index (χ4v) is 4.45. The molecule has 5 nitrogen and oxygen atoms in total. The van der Waals surface area contributed by atoms with Crippen molar-refractivity contribution >= 4 is 22.4 Å². The Labute approximate surface area is 155 Å². The summed E-state index contributed by atoms with van der Waals surface area (Å²) in [5.74, 6) is 0.138. The Morgan fingerprint density at radius 1 is 1.23 bits per heavy atom. The van der Waals surface area contributed by atoms with Crippen molar-refractivity contribution in [3.8, 4) is 0 Å². The van der Waals surface area contributed by atoms with Crippen LogP contribution in [0.4, 0.5) is 18.3 Å². The van der Waals surface area contributed by atoms with Gasteiger partial charge < -0.3 is 9.80 Å². The highest BCUT2D eigenvalue weighted by atomic mass is 32.1. The molecular formula is C17H25F3N4OS. The van der Waals surface area contributed by atoms with Crippen LogP contribution < -0.4 is 4.90 Å². The number of piperazine rings is 1. The first-order chi connectivity index (χ1) is 12.3. The molecule has 0 aromatic carbocycles. The number of likely N-dealkylation sites (N-methyl/N-ethyl adjacent to an activating group) is 1. The van der Waals surface area contributed by atoms with Crippen LogP contribution in [0, 0.1) is 0 Å². The van der Waals surface area contributed by atoms with Gasteiger partial charge >= 0.3 is 6.18 Å². The Morgan fingerprint density at radius 3 is 2.46 bits per heavy atom. The van der Waals surface area contributed by atoms with Gasteiger partial charge in [-0.3, -0.25) is 9.69 Å². The van der Waals surface area contributed by atoms with E-state index in [-0.39, 0.29) is 5.91 Å². The Kier molecular flexibility index (Phi) is 6.06. The normalized spacial score (nSPS) is 20.4. The number of alkyl halides is 3. The van der Waals surface area contributed by atoms with Crippen molar-refractivity contribution in [1.29, 1.82) is 0 Å². The van der Waals surface area contributed by atoms with Crippen LogP contribution in [0.2, 0.25) is 0 Å². The average Bonchev–Trinajstić information content (AvgIpc) is 3.13. The summed E-state index contributed by atoms with van der Waals surface area (Å²) >= 11 is 0.681. The van der Waals surface area contributed by atoms with Gasteiger partial charge in [0.1, 0.15) is 4.88 Å².